The standard InChI is InChI=1S/C22H24N2O5S2/c1-15(2)16-9-10-18-19(13-16)30-22(24(18)14-21(26)29-3)23-20(25)11-12-31(27,28)17-7-5-4-6-8-17/h4-10,13,15H,11-12,14H2,1-3H3. The van der Waals surface area contributed by atoms with E-state index in [1.54, 1.807) is 22.8 Å². The third-order valence-corrected chi connectivity index (χ3v) is 7.57. The van der Waals surface area contributed by atoms with Crippen LogP contribution in [0.5, 0.6) is 0 Å². The molecular formula is C22H24N2O5S2. The maximum absolute atomic E-state index is 12.5. The Morgan fingerprint density at radius 3 is 2.48 bits per heavy atom. The Bertz CT molecular complexity index is 1270. The van der Waals surface area contributed by atoms with Crippen molar-refractivity contribution in [3.05, 3.63) is 58.9 Å². The van der Waals surface area contributed by atoms with Crippen LogP contribution in [0.1, 0.15) is 31.7 Å². The van der Waals surface area contributed by atoms with Crippen molar-refractivity contribution in [2.45, 2.75) is 37.6 Å². The minimum Gasteiger partial charge on any atom is -0.468 e. The summed E-state index contributed by atoms with van der Waals surface area (Å²) in [5.74, 6) is -1.04. The summed E-state index contributed by atoms with van der Waals surface area (Å²) in [6, 6.07) is 13.9. The predicted octanol–water partition coefficient (Wildman–Crippen LogP) is 3.29. The van der Waals surface area contributed by atoms with Crippen molar-refractivity contribution in [3.63, 3.8) is 0 Å². The molecule has 0 atom stereocenters. The van der Waals surface area contributed by atoms with Crippen molar-refractivity contribution < 1.29 is 22.7 Å². The van der Waals surface area contributed by atoms with Crippen LogP contribution in [0.2, 0.25) is 0 Å². The van der Waals surface area contributed by atoms with Gasteiger partial charge in [0.2, 0.25) is 5.91 Å². The van der Waals surface area contributed by atoms with Gasteiger partial charge in [0.15, 0.2) is 14.6 Å². The van der Waals surface area contributed by atoms with Crippen LogP contribution in [-0.2, 0) is 30.7 Å². The SMILES string of the molecule is COC(=O)Cn1c(=NC(=O)CCS(=O)(=O)c2ccccc2)sc2cc(C(C)C)ccc21. The summed E-state index contributed by atoms with van der Waals surface area (Å²) < 4.78 is 32.1. The van der Waals surface area contributed by atoms with E-state index in [1.165, 1.54) is 30.6 Å². The Morgan fingerprint density at radius 1 is 1.13 bits per heavy atom. The van der Waals surface area contributed by atoms with E-state index < -0.39 is 21.7 Å². The first-order chi connectivity index (χ1) is 14.7. The van der Waals surface area contributed by atoms with Crippen LogP contribution in [0, 0.1) is 0 Å². The zero-order chi connectivity index (χ0) is 22.6. The fraction of sp³-hybridized carbons (Fsp3) is 0.318. The number of amides is 1. The zero-order valence-corrected chi connectivity index (χ0v) is 19.2. The van der Waals surface area contributed by atoms with Crippen molar-refractivity contribution in [3.8, 4) is 0 Å². The highest BCUT2D eigenvalue weighted by atomic mass is 32.2. The third-order valence-electron chi connectivity index (χ3n) is 4.80. The number of hydrogen-bond acceptors (Lipinski definition) is 6. The Morgan fingerprint density at radius 2 is 1.84 bits per heavy atom. The molecule has 0 radical (unpaired) electrons. The van der Waals surface area contributed by atoms with E-state index in [-0.39, 0.29) is 23.6 Å². The Balaban J connectivity index is 1.93. The molecule has 0 N–H and O–H groups in total. The predicted molar refractivity (Wildman–Crippen MR) is 120 cm³/mol. The largest absolute Gasteiger partial charge is 0.468 e. The van der Waals surface area contributed by atoms with Crippen LogP contribution in [0.4, 0.5) is 0 Å². The number of aromatic nitrogens is 1. The second kappa shape index (κ2) is 9.57. The number of fused-ring (bicyclic) bond motifs is 1. The second-order valence-electron chi connectivity index (χ2n) is 7.32. The van der Waals surface area contributed by atoms with E-state index in [4.69, 9.17) is 4.74 Å². The molecule has 2 aromatic carbocycles. The van der Waals surface area contributed by atoms with Crippen molar-refractivity contribution in [1.82, 2.24) is 4.57 Å². The molecule has 0 saturated carbocycles. The molecule has 0 saturated heterocycles. The maximum Gasteiger partial charge on any atom is 0.325 e. The molecule has 0 spiro atoms. The van der Waals surface area contributed by atoms with E-state index in [9.17, 15) is 18.0 Å². The number of nitrogens with zero attached hydrogens (tertiary/aromatic N) is 2. The van der Waals surface area contributed by atoms with E-state index in [1.807, 2.05) is 18.2 Å². The summed E-state index contributed by atoms with van der Waals surface area (Å²) in [6.45, 7) is 4.07. The molecule has 1 amide bonds. The van der Waals surface area contributed by atoms with Crippen LogP contribution in [0.25, 0.3) is 10.2 Å². The van der Waals surface area contributed by atoms with Gasteiger partial charge in [0.25, 0.3) is 0 Å². The lowest BCUT2D eigenvalue weighted by Crippen LogP contribution is -2.22. The van der Waals surface area contributed by atoms with E-state index in [0.29, 0.717) is 10.7 Å². The maximum atomic E-state index is 12.5. The number of benzene rings is 2. The monoisotopic (exact) mass is 460 g/mol. The van der Waals surface area contributed by atoms with Crippen LogP contribution >= 0.6 is 11.3 Å². The van der Waals surface area contributed by atoms with E-state index in [2.05, 4.69) is 18.8 Å². The lowest BCUT2D eigenvalue weighted by Gasteiger charge is -2.06. The van der Waals surface area contributed by atoms with Gasteiger partial charge in [0.05, 0.1) is 28.0 Å². The molecule has 31 heavy (non-hydrogen) atoms. The van der Waals surface area contributed by atoms with Crippen LogP contribution in [0.3, 0.4) is 0 Å². The molecule has 164 valence electrons. The highest BCUT2D eigenvalue weighted by molar-refractivity contribution is 7.91. The van der Waals surface area contributed by atoms with Crippen molar-refractivity contribution in [1.29, 1.82) is 0 Å². The molecule has 3 aromatic rings. The first kappa shape index (κ1) is 22.9. The van der Waals surface area contributed by atoms with Gasteiger partial charge < -0.3 is 9.30 Å². The Labute approximate surface area is 184 Å². The number of hydrogen-bond donors (Lipinski definition) is 0. The lowest BCUT2D eigenvalue weighted by molar-refractivity contribution is -0.141. The summed E-state index contributed by atoms with van der Waals surface area (Å²) in [6.07, 6.45) is -0.249. The Hall–Kier alpha value is -2.78. The molecule has 9 heteroatoms. The second-order valence-corrected chi connectivity index (χ2v) is 10.4. The summed E-state index contributed by atoms with van der Waals surface area (Å²) in [5.41, 5.74) is 1.90. The number of esters is 1. The molecule has 0 aliphatic rings. The number of ether oxygens (including phenoxy) is 1. The summed E-state index contributed by atoms with van der Waals surface area (Å²) in [4.78, 5) is 29.0. The van der Waals surface area contributed by atoms with Crippen molar-refractivity contribution in [2.24, 2.45) is 4.99 Å². The molecule has 3 rings (SSSR count). The number of sulfone groups is 1. The van der Waals surface area contributed by atoms with E-state index in [0.717, 1.165) is 15.8 Å². The molecule has 0 bridgehead atoms. The third kappa shape index (κ3) is 5.48. The average Bonchev–Trinajstić information content (AvgIpc) is 3.08. The van der Waals surface area contributed by atoms with Gasteiger partial charge in [0, 0.05) is 6.42 Å². The smallest absolute Gasteiger partial charge is 0.325 e. The summed E-state index contributed by atoms with van der Waals surface area (Å²) >= 11 is 1.28. The number of methoxy groups -OCH3 is 1. The lowest BCUT2D eigenvalue weighted by atomic mass is 10.0. The average molecular weight is 461 g/mol. The first-order valence-electron chi connectivity index (χ1n) is 9.76. The molecule has 0 aliphatic carbocycles. The van der Waals surface area contributed by atoms with Crippen molar-refractivity contribution in [2.75, 3.05) is 12.9 Å². The van der Waals surface area contributed by atoms with Gasteiger partial charge >= 0.3 is 5.97 Å². The molecule has 0 fully saturated rings. The van der Waals surface area contributed by atoms with Crippen LogP contribution < -0.4 is 4.80 Å². The number of rotatable bonds is 7. The summed E-state index contributed by atoms with van der Waals surface area (Å²) in [5, 5.41) is 0. The minimum atomic E-state index is -3.58. The molecule has 1 heterocycles. The van der Waals surface area contributed by atoms with Gasteiger partial charge in [-0.15, -0.1) is 0 Å². The van der Waals surface area contributed by atoms with Crippen molar-refractivity contribution >= 4 is 43.3 Å². The quantitative estimate of drug-likeness (QED) is 0.504. The van der Waals surface area contributed by atoms with Crippen LogP contribution in [-0.4, -0.2) is 37.7 Å². The summed E-state index contributed by atoms with van der Waals surface area (Å²) in [7, 11) is -2.28. The highest BCUT2D eigenvalue weighted by Gasteiger charge is 2.17. The molecule has 7 nitrogen and oxygen atoms in total. The topological polar surface area (TPSA) is 94.8 Å². The zero-order valence-electron chi connectivity index (χ0n) is 17.6. The fourth-order valence-electron chi connectivity index (χ4n) is 3.01. The normalized spacial score (nSPS) is 12.5. The molecule has 0 unspecified atom stereocenters. The van der Waals surface area contributed by atoms with Gasteiger partial charge in [-0.2, -0.15) is 4.99 Å². The molecule has 1 aromatic heterocycles. The number of thiazole rings is 1. The molecule has 0 aliphatic heterocycles. The van der Waals surface area contributed by atoms with Gasteiger partial charge in [-0.1, -0.05) is 49.4 Å². The molecular weight excluding hydrogens is 436 g/mol. The fourth-order valence-corrected chi connectivity index (χ4v) is 5.36. The first-order valence-corrected chi connectivity index (χ1v) is 12.2. The Kier molecular flexibility index (Phi) is 7.07. The van der Waals surface area contributed by atoms with Crippen LogP contribution in [0.15, 0.2) is 58.4 Å². The van der Waals surface area contributed by atoms with Gasteiger partial charge in [-0.05, 0) is 35.7 Å². The van der Waals surface area contributed by atoms with Gasteiger partial charge in [-0.25, -0.2) is 8.42 Å². The highest BCUT2D eigenvalue weighted by Crippen LogP contribution is 2.23. The van der Waals surface area contributed by atoms with Gasteiger partial charge in [0.1, 0.15) is 6.54 Å². The number of carbonyl (C=O) groups is 2. The van der Waals surface area contributed by atoms with Gasteiger partial charge in [-0.3, -0.25) is 9.59 Å². The minimum absolute atomic E-state index is 0.0913. The van der Waals surface area contributed by atoms with E-state index >= 15 is 0 Å². The number of carbonyl (C=O) groups excluding carboxylic acids is 2.